The van der Waals surface area contributed by atoms with Crippen molar-refractivity contribution in [3.05, 3.63) is 18.7 Å². The molecule has 0 unspecified atom stereocenters. The van der Waals surface area contributed by atoms with E-state index in [-0.39, 0.29) is 0 Å². The summed E-state index contributed by atoms with van der Waals surface area (Å²) in [6, 6.07) is 0. The first kappa shape index (κ1) is 7.92. The van der Waals surface area contributed by atoms with Gasteiger partial charge in [0.15, 0.2) is 11.5 Å². The Kier molecular flexibility index (Phi) is 1.46. The van der Waals surface area contributed by atoms with E-state index in [1.165, 1.54) is 6.33 Å². The highest BCUT2D eigenvalue weighted by Gasteiger charge is 2.13. The summed E-state index contributed by atoms with van der Waals surface area (Å²) in [5.41, 5.74) is 6.99. The van der Waals surface area contributed by atoms with E-state index < -0.39 is 0 Å². The van der Waals surface area contributed by atoms with E-state index in [0.717, 1.165) is 0 Å². The van der Waals surface area contributed by atoms with Gasteiger partial charge in [0.1, 0.15) is 17.8 Å². The lowest BCUT2D eigenvalue weighted by molar-refractivity contribution is 1.08. The molecule has 0 spiro atoms. The number of hydrogen-bond donors (Lipinski definition) is 3. The SMILES string of the molecule is Nc1ncnc2n[nH]c(-c3ncc[nH]3)c12. The van der Waals surface area contributed by atoms with E-state index in [1.807, 2.05) is 0 Å². The Morgan fingerprint density at radius 1 is 1.20 bits per heavy atom. The number of fused-ring (bicyclic) bond motifs is 1. The number of rotatable bonds is 1. The molecule has 0 aromatic carbocycles. The Labute approximate surface area is 83.8 Å². The van der Waals surface area contributed by atoms with Crippen molar-refractivity contribution in [3.8, 4) is 11.5 Å². The fourth-order valence-electron chi connectivity index (χ4n) is 1.45. The van der Waals surface area contributed by atoms with Gasteiger partial charge < -0.3 is 10.7 Å². The summed E-state index contributed by atoms with van der Waals surface area (Å²) in [6.45, 7) is 0. The van der Waals surface area contributed by atoms with Crippen LogP contribution in [-0.2, 0) is 0 Å². The van der Waals surface area contributed by atoms with Gasteiger partial charge in [-0.3, -0.25) is 5.10 Å². The van der Waals surface area contributed by atoms with Crippen molar-refractivity contribution in [1.29, 1.82) is 0 Å². The molecule has 0 fully saturated rings. The Morgan fingerprint density at radius 3 is 2.93 bits per heavy atom. The largest absolute Gasteiger partial charge is 0.383 e. The number of nitrogen functional groups attached to an aromatic ring is 1. The molecule has 3 heterocycles. The van der Waals surface area contributed by atoms with Gasteiger partial charge in [-0.2, -0.15) is 5.10 Å². The van der Waals surface area contributed by atoms with E-state index in [4.69, 9.17) is 5.73 Å². The summed E-state index contributed by atoms with van der Waals surface area (Å²) in [5, 5.41) is 7.54. The Hall–Kier alpha value is -2.44. The summed E-state index contributed by atoms with van der Waals surface area (Å²) >= 11 is 0. The third kappa shape index (κ3) is 1.06. The van der Waals surface area contributed by atoms with Crippen LogP contribution in [0.3, 0.4) is 0 Å². The molecule has 3 aromatic heterocycles. The predicted octanol–water partition coefficient (Wildman–Crippen LogP) is 0.325. The Morgan fingerprint density at radius 2 is 2.13 bits per heavy atom. The minimum Gasteiger partial charge on any atom is -0.383 e. The third-order valence-electron chi connectivity index (χ3n) is 2.12. The fraction of sp³-hybridized carbons (Fsp3) is 0. The molecule has 74 valence electrons. The molecule has 0 atom stereocenters. The molecule has 3 aromatic rings. The summed E-state index contributed by atoms with van der Waals surface area (Å²) in [6.07, 6.45) is 4.76. The second kappa shape index (κ2) is 2.77. The van der Waals surface area contributed by atoms with Crippen molar-refractivity contribution in [2.75, 3.05) is 5.73 Å². The van der Waals surface area contributed by atoms with Crippen LogP contribution in [0, 0.1) is 0 Å². The molecular weight excluding hydrogens is 194 g/mol. The van der Waals surface area contributed by atoms with Gasteiger partial charge in [-0.1, -0.05) is 0 Å². The highest BCUT2D eigenvalue weighted by Crippen LogP contribution is 2.25. The molecule has 7 nitrogen and oxygen atoms in total. The van der Waals surface area contributed by atoms with Crippen LogP contribution in [-0.4, -0.2) is 30.1 Å². The number of aromatic nitrogens is 6. The molecule has 0 amide bonds. The minimum atomic E-state index is 0.389. The van der Waals surface area contributed by atoms with E-state index in [2.05, 4.69) is 30.1 Å². The summed E-state index contributed by atoms with van der Waals surface area (Å²) in [4.78, 5) is 15.0. The molecule has 15 heavy (non-hydrogen) atoms. The van der Waals surface area contributed by atoms with Gasteiger partial charge in [0, 0.05) is 12.4 Å². The number of anilines is 1. The molecule has 0 aliphatic heterocycles. The second-order valence-corrected chi connectivity index (χ2v) is 2.99. The average molecular weight is 201 g/mol. The van der Waals surface area contributed by atoms with Crippen molar-refractivity contribution in [1.82, 2.24) is 30.1 Å². The highest BCUT2D eigenvalue weighted by molar-refractivity contribution is 5.96. The third-order valence-corrected chi connectivity index (χ3v) is 2.12. The molecule has 0 saturated heterocycles. The van der Waals surface area contributed by atoms with Gasteiger partial charge in [0.25, 0.3) is 0 Å². The van der Waals surface area contributed by atoms with Crippen LogP contribution in [0.4, 0.5) is 5.82 Å². The maximum absolute atomic E-state index is 5.75. The van der Waals surface area contributed by atoms with Crippen molar-refractivity contribution in [3.63, 3.8) is 0 Å². The van der Waals surface area contributed by atoms with Crippen LogP contribution in [0.2, 0.25) is 0 Å². The topological polar surface area (TPSA) is 109 Å². The zero-order valence-corrected chi connectivity index (χ0v) is 7.60. The molecule has 4 N–H and O–H groups in total. The molecule has 0 bridgehead atoms. The number of imidazole rings is 1. The second-order valence-electron chi connectivity index (χ2n) is 2.99. The number of nitrogens with two attached hydrogens (primary N) is 1. The Bertz CT molecular complexity index is 595. The standard InChI is InChI=1S/C8H7N7/c9-6-4-5(8-10-1-2-11-8)14-15-7(4)13-3-12-6/h1-3H,(H,10,11)(H3,9,12,13,14,15). The average Bonchev–Trinajstić information content (AvgIpc) is 2.85. The van der Waals surface area contributed by atoms with Crippen LogP contribution >= 0.6 is 0 Å². The van der Waals surface area contributed by atoms with E-state index in [1.54, 1.807) is 12.4 Å². The van der Waals surface area contributed by atoms with Gasteiger partial charge in [-0.05, 0) is 0 Å². The first-order valence-corrected chi connectivity index (χ1v) is 4.30. The molecule has 7 heteroatoms. The van der Waals surface area contributed by atoms with Gasteiger partial charge >= 0.3 is 0 Å². The minimum absolute atomic E-state index is 0.389. The number of aromatic amines is 2. The summed E-state index contributed by atoms with van der Waals surface area (Å²) < 4.78 is 0. The zero-order valence-electron chi connectivity index (χ0n) is 7.60. The van der Waals surface area contributed by atoms with Crippen molar-refractivity contribution < 1.29 is 0 Å². The van der Waals surface area contributed by atoms with Gasteiger partial charge in [-0.25, -0.2) is 15.0 Å². The molecule has 0 saturated carbocycles. The van der Waals surface area contributed by atoms with Crippen molar-refractivity contribution in [2.24, 2.45) is 0 Å². The number of nitrogens with one attached hydrogen (secondary N) is 2. The van der Waals surface area contributed by atoms with Crippen LogP contribution in [0.15, 0.2) is 18.7 Å². The van der Waals surface area contributed by atoms with Crippen LogP contribution in [0.1, 0.15) is 0 Å². The Balaban J connectivity index is 2.37. The van der Waals surface area contributed by atoms with Crippen LogP contribution in [0.25, 0.3) is 22.6 Å². The molecule has 0 radical (unpaired) electrons. The number of H-pyrrole nitrogens is 2. The summed E-state index contributed by atoms with van der Waals surface area (Å²) in [5.74, 6) is 1.05. The highest BCUT2D eigenvalue weighted by atomic mass is 15.2. The predicted molar refractivity (Wildman–Crippen MR) is 53.7 cm³/mol. The summed E-state index contributed by atoms with van der Waals surface area (Å²) in [7, 11) is 0. The van der Waals surface area contributed by atoms with E-state index in [9.17, 15) is 0 Å². The normalized spacial score (nSPS) is 10.9. The first-order chi connectivity index (χ1) is 7.36. The monoisotopic (exact) mass is 201 g/mol. The first-order valence-electron chi connectivity index (χ1n) is 4.30. The lowest BCUT2D eigenvalue weighted by Gasteiger charge is -1.95. The maximum Gasteiger partial charge on any atom is 0.186 e. The quantitative estimate of drug-likeness (QED) is 0.525. The number of hydrogen-bond acceptors (Lipinski definition) is 5. The van der Waals surface area contributed by atoms with Crippen LogP contribution < -0.4 is 5.73 Å². The smallest absolute Gasteiger partial charge is 0.186 e. The molecule has 3 rings (SSSR count). The fourth-order valence-corrected chi connectivity index (χ4v) is 1.45. The maximum atomic E-state index is 5.75. The lowest BCUT2D eigenvalue weighted by Crippen LogP contribution is -1.92. The molecule has 0 aliphatic rings. The lowest BCUT2D eigenvalue weighted by atomic mass is 10.3. The van der Waals surface area contributed by atoms with E-state index >= 15 is 0 Å². The van der Waals surface area contributed by atoms with Gasteiger partial charge in [-0.15, -0.1) is 0 Å². The number of nitrogens with zero attached hydrogens (tertiary/aromatic N) is 4. The van der Waals surface area contributed by atoms with E-state index in [0.29, 0.717) is 28.4 Å². The molecular formula is C8H7N7. The van der Waals surface area contributed by atoms with Gasteiger partial charge in [0.05, 0.1) is 5.39 Å². The van der Waals surface area contributed by atoms with Crippen molar-refractivity contribution in [2.45, 2.75) is 0 Å². The molecule has 0 aliphatic carbocycles. The van der Waals surface area contributed by atoms with Crippen LogP contribution in [0.5, 0.6) is 0 Å². The van der Waals surface area contributed by atoms with Gasteiger partial charge in [0.2, 0.25) is 0 Å². The van der Waals surface area contributed by atoms with Crippen molar-refractivity contribution >= 4 is 16.9 Å². The zero-order chi connectivity index (χ0) is 10.3.